The summed E-state index contributed by atoms with van der Waals surface area (Å²) in [7, 11) is 0. The van der Waals surface area contributed by atoms with Gasteiger partial charge in [0, 0.05) is 24.6 Å². The molecule has 1 aromatic carbocycles. The van der Waals surface area contributed by atoms with Crippen LogP contribution in [0, 0.1) is 11.7 Å². The first-order valence-corrected chi connectivity index (χ1v) is 6.07. The predicted molar refractivity (Wildman–Crippen MR) is 65.2 cm³/mol. The van der Waals surface area contributed by atoms with E-state index in [0.717, 1.165) is 12.8 Å². The van der Waals surface area contributed by atoms with E-state index in [1.807, 2.05) is 0 Å². The molecule has 0 radical (unpaired) electrons. The second-order valence-electron chi connectivity index (χ2n) is 4.60. The highest BCUT2D eigenvalue weighted by Crippen LogP contribution is 2.18. The molecule has 0 aliphatic carbocycles. The van der Waals surface area contributed by atoms with Crippen LogP contribution in [-0.4, -0.2) is 30.5 Å². The van der Waals surface area contributed by atoms with Crippen LogP contribution in [0.5, 0.6) is 0 Å². The number of halogens is 1. The third-order valence-electron chi connectivity index (χ3n) is 3.21. The maximum Gasteiger partial charge on any atom is 0.253 e. The Kier molecular flexibility index (Phi) is 4.28. The SMILES string of the molecule is NOCC1CCCN(C(=O)c2cccc(F)c2)C1. The number of nitrogens with two attached hydrogens (primary N) is 1. The van der Waals surface area contributed by atoms with Crippen LogP contribution in [0.3, 0.4) is 0 Å². The van der Waals surface area contributed by atoms with Crippen LogP contribution in [0.2, 0.25) is 0 Å². The summed E-state index contributed by atoms with van der Waals surface area (Å²) in [5.74, 6) is 4.81. The predicted octanol–water partition coefficient (Wildman–Crippen LogP) is 1.57. The minimum absolute atomic E-state index is 0.128. The fraction of sp³-hybridized carbons (Fsp3) is 0.462. The lowest BCUT2D eigenvalue weighted by Crippen LogP contribution is -2.41. The Bertz CT molecular complexity index is 423. The Morgan fingerprint density at radius 1 is 1.56 bits per heavy atom. The zero-order valence-electron chi connectivity index (χ0n) is 10.1. The number of amides is 1. The van der Waals surface area contributed by atoms with E-state index in [0.29, 0.717) is 25.3 Å². The maximum atomic E-state index is 13.1. The minimum atomic E-state index is -0.389. The first kappa shape index (κ1) is 13.0. The molecule has 1 aliphatic rings. The van der Waals surface area contributed by atoms with Gasteiger partial charge in [-0.2, -0.15) is 0 Å². The van der Waals surface area contributed by atoms with Gasteiger partial charge in [-0.25, -0.2) is 10.3 Å². The van der Waals surface area contributed by atoms with Crippen LogP contribution in [0.25, 0.3) is 0 Å². The molecule has 1 amide bonds. The zero-order valence-corrected chi connectivity index (χ0v) is 10.1. The number of carbonyl (C=O) groups is 1. The van der Waals surface area contributed by atoms with E-state index in [9.17, 15) is 9.18 Å². The summed E-state index contributed by atoms with van der Waals surface area (Å²) in [6, 6.07) is 5.78. The quantitative estimate of drug-likeness (QED) is 0.831. The molecule has 5 heteroatoms. The second-order valence-corrected chi connectivity index (χ2v) is 4.60. The smallest absolute Gasteiger partial charge is 0.253 e. The molecule has 0 aromatic heterocycles. The summed E-state index contributed by atoms with van der Waals surface area (Å²) in [5, 5.41) is 0. The molecular weight excluding hydrogens is 235 g/mol. The van der Waals surface area contributed by atoms with E-state index in [4.69, 9.17) is 5.90 Å². The lowest BCUT2D eigenvalue weighted by atomic mass is 9.98. The number of piperidine rings is 1. The van der Waals surface area contributed by atoms with Crippen molar-refractivity contribution >= 4 is 5.91 Å². The van der Waals surface area contributed by atoms with Gasteiger partial charge >= 0.3 is 0 Å². The van der Waals surface area contributed by atoms with Crippen molar-refractivity contribution in [2.75, 3.05) is 19.7 Å². The average Bonchev–Trinajstić information content (AvgIpc) is 2.39. The molecule has 0 spiro atoms. The molecule has 1 aliphatic heterocycles. The van der Waals surface area contributed by atoms with Crippen molar-refractivity contribution in [3.05, 3.63) is 35.6 Å². The summed E-state index contributed by atoms with van der Waals surface area (Å²) in [6.45, 7) is 1.77. The first-order chi connectivity index (χ1) is 8.70. The Morgan fingerprint density at radius 2 is 2.39 bits per heavy atom. The third kappa shape index (κ3) is 3.05. The van der Waals surface area contributed by atoms with E-state index in [1.54, 1.807) is 17.0 Å². The molecule has 1 atom stereocenters. The molecular formula is C13H17FN2O2. The highest BCUT2D eigenvalue weighted by atomic mass is 19.1. The fourth-order valence-corrected chi connectivity index (χ4v) is 2.33. The van der Waals surface area contributed by atoms with Crippen molar-refractivity contribution in [2.24, 2.45) is 11.8 Å². The number of hydrogen-bond donors (Lipinski definition) is 1. The normalized spacial score (nSPS) is 19.9. The van der Waals surface area contributed by atoms with Gasteiger partial charge in [-0.15, -0.1) is 0 Å². The van der Waals surface area contributed by atoms with Gasteiger partial charge in [-0.05, 0) is 31.0 Å². The van der Waals surface area contributed by atoms with Gasteiger partial charge in [0.05, 0.1) is 6.61 Å². The van der Waals surface area contributed by atoms with E-state index in [2.05, 4.69) is 4.84 Å². The van der Waals surface area contributed by atoms with Gasteiger partial charge in [0.15, 0.2) is 0 Å². The Hall–Kier alpha value is -1.46. The molecule has 2 rings (SSSR count). The van der Waals surface area contributed by atoms with Crippen LogP contribution < -0.4 is 5.90 Å². The largest absolute Gasteiger partial charge is 0.338 e. The Labute approximate surface area is 105 Å². The summed E-state index contributed by atoms with van der Waals surface area (Å²) < 4.78 is 13.1. The number of likely N-dealkylation sites (tertiary alicyclic amines) is 1. The topological polar surface area (TPSA) is 55.6 Å². The van der Waals surface area contributed by atoms with Crippen molar-refractivity contribution < 1.29 is 14.0 Å². The molecule has 4 nitrogen and oxygen atoms in total. The van der Waals surface area contributed by atoms with Crippen molar-refractivity contribution in [2.45, 2.75) is 12.8 Å². The molecule has 1 unspecified atom stereocenters. The monoisotopic (exact) mass is 252 g/mol. The van der Waals surface area contributed by atoms with Gasteiger partial charge in [0.2, 0.25) is 0 Å². The number of benzene rings is 1. The molecule has 1 fully saturated rings. The summed E-state index contributed by atoms with van der Waals surface area (Å²) >= 11 is 0. The van der Waals surface area contributed by atoms with Gasteiger partial charge in [0.1, 0.15) is 5.82 Å². The Morgan fingerprint density at radius 3 is 3.11 bits per heavy atom. The molecule has 1 heterocycles. The van der Waals surface area contributed by atoms with E-state index >= 15 is 0 Å². The van der Waals surface area contributed by atoms with Crippen LogP contribution >= 0.6 is 0 Å². The summed E-state index contributed by atoms with van der Waals surface area (Å²) in [6.07, 6.45) is 1.93. The van der Waals surface area contributed by atoms with Crippen LogP contribution in [0.1, 0.15) is 23.2 Å². The van der Waals surface area contributed by atoms with Crippen molar-refractivity contribution in [3.8, 4) is 0 Å². The zero-order chi connectivity index (χ0) is 13.0. The second kappa shape index (κ2) is 5.93. The number of rotatable bonds is 3. The standard InChI is InChI=1S/C13H17FN2O2/c14-12-5-1-4-11(7-12)13(17)16-6-2-3-10(8-16)9-18-15/h1,4-5,7,10H,2-3,6,8-9,15H2. The van der Waals surface area contributed by atoms with Crippen molar-refractivity contribution in [1.82, 2.24) is 4.90 Å². The fourth-order valence-electron chi connectivity index (χ4n) is 2.33. The number of nitrogens with zero attached hydrogens (tertiary/aromatic N) is 1. The van der Waals surface area contributed by atoms with Gasteiger partial charge < -0.3 is 9.74 Å². The van der Waals surface area contributed by atoms with Gasteiger partial charge in [-0.3, -0.25) is 4.79 Å². The molecule has 98 valence electrons. The summed E-state index contributed by atoms with van der Waals surface area (Å²) in [4.78, 5) is 18.6. The molecule has 1 saturated heterocycles. The highest BCUT2D eigenvalue weighted by Gasteiger charge is 2.24. The lowest BCUT2D eigenvalue weighted by Gasteiger charge is -2.32. The van der Waals surface area contributed by atoms with Gasteiger partial charge in [0.25, 0.3) is 5.91 Å². The summed E-state index contributed by atoms with van der Waals surface area (Å²) in [5.41, 5.74) is 0.393. The van der Waals surface area contributed by atoms with E-state index < -0.39 is 0 Å². The highest BCUT2D eigenvalue weighted by molar-refractivity contribution is 5.94. The van der Waals surface area contributed by atoms with E-state index in [1.165, 1.54) is 12.1 Å². The number of carbonyl (C=O) groups excluding carboxylic acids is 1. The van der Waals surface area contributed by atoms with Crippen molar-refractivity contribution in [3.63, 3.8) is 0 Å². The lowest BCUT2D eigenvalue weighted by molar-refractivity contribution is 0.0471. The first-order valence-electron chi connectivity index (χ1n) is 6.07. The molecule has 2 N–H and O–H groups in total. The molecule has 18 heavy (non-hydrogen) atoms. The van der Waals surface area contributed by atoms with Crippen LogP contribution in [0.15, 0.2) is 24.3 Å². The van der Waals surface area contributed by atoms with E-state index in [-0.39, 0.29) is 17.6 Å². The molecule has 1 aromatic rings. The Balaban J connectivity index is 2.04. The minimum Gasteiger partial charge on any atom is -0.338 e. The van der Waals surface area contributed by atoms with Crippen molar-refractivity contribution in [1.29, 1.82) is 0 Å². The van der Waals surface area contributed by atoms with Crippen LogP contribution in [0.4, 0.5) is 4.39 Å². The maximum absolute atomic E-state index is 13.1. The third-order valence-corrected chi connectivity index (χ3v) is 3.21. The van der Waals surface area contributed by atoms with Gasteiger partial charge in [-0.1, -0.05) is 6.07 Å². The molecule has 0 bridgehead atoms. The molecule has 0 saturated carbocycles. The average molecular weight is 252 g/mol. The van der Waals surface area contributed by atoms with Crippen LogP contribution in [-0.2, 0) is 4.84 Å². The number of hydrogen-bond acceptors (Lipinski definition) is 3.